The predicted molar refractivity (Wildman–Crippen MR) is 62.0 cm³/mol. The van der Waals surface area contributed by atoms with Crippen LogP contribution in [-0.2, 0) is 0 Å². The quantitative estimate of drug-likeness (QED) is 0.725. The molecule has 16 heavy (non-hydrogen) atoms. The molecule has 82 valence electrons. The Bertz CT molecular complexity index is 594. The Balaban J connectivity index is 2.75. The van der Waals surface area contributed by atoms with E-state index in [0.29, 0.717) is 23.2 Å². The molecule has 0 amide bonds. The van der Waals surface area contributed by atoms with Gasteiger partial charge in [-0.1, -0.05) is 19.9 Å². The maximum atomic E-state index is 11.7. The number of carbonyl (C=O) groups excluding carboxylic acids is 1. The van der Waals surface area contributed by atoms with Crippen molar-refractivity contribution >= 4 is 17.3 Å². The minimum atomic E-state index is -0.272. The Morgan fingerprint density at radius 3 is 2.69 bits per heavy atom. The highest BCUT2D eigenvalue weighted by Gasteiger charge is 2.07. The van der Waals surface area contributed by atoms with Gasteiger partial charge in [0, 0.05) is 0 Å². The summed E-state index contributed by atoms with van der Waals surface area (Å²) in [7, 11) is 0. The van der Waals surface area contributed by atoms with Crippen molar-refractivity contribution in [2.45, 2.75) is 19.8 Å². The third-order valence-electron chi connectivity index (χ3n) is 2.62. The average Bonchev–Trinajstić information content (AvgIpc) is 2.29. The molecule has 0 spiro atoms. The largest absolute Gasteiger partial charge is 0.463 e. The lowest BCUT2D eigenvalue weighted by Crippen LogP contribution is -2.07. The van der Waals surface area contributed by atoms with Crippen molar-refractivity contribution in [3.05, 3.63) is 45.8 Å². The van der Waals surface area contributed by atoms with Crippen LogP contribution in [0, 0.1) is 0 Å². The van der Waals surface area contributed by atoms with Gasteiger partial charge in [-0.25, -0.2) is 0 Å². The zero-order chi connectivity index (χ0) is 11.7. The number of carbonyl (C=O) groups is 1. The molecule has 0 aliphatic heterocycles. The summed E-state index contributed by atoms with van der Waals surface area (Å²) in [5.74, 6) is 0.375. The SMILES string of the molecule is CC(C)c1ccc2c(=O)c(C=O)coc2c1. The molecule has 0 unspecified atom stereocenters. The van der Waals surface area contributed by atoms with Crippen LogP contribution in [0.4, 0.5) is 0 Å². The van der Waals surface area contributed by atoms with Gasteiger partial charge in [0.25, 0.3) is 0 Å². The highest BCUT2D eigenvalue weighted by molar-refractivity contribution is 5.84. The van der Waals surface area contributed by atoms with Crippen LogP contribution in [0.2, 0.25) is 0 Å². The lowest BCUT2D eigenvalue weighted by molar-refractivity contribution is 0.112. The van der Waals surface area contributed by atoms with Gasteiger partial charge in [0.05, 0.1) is 10.9 Å². The summed E-state index contributed by atoms with van der Waals surface area (Å²) in [5.41, 5.74) is 1.42. The van der Waals surface area contributed by atoms with Crippen LogP contribution in [0.15, 0.2) is 33.7 Å². The fourth-order valence-corrected chi connectivity index (χ4v) is 1.60. The van der Waals surface area contributed by atoms with Crippen LogP contribution < -0.4 is 5.43 Å². The molecule has 0 saturated heterocycles. The Labute approximate surface area is 92.7 Å². The van der Waals surface area contributed by atoms with Crippen LogP contribution in [0.3, 0.4) is 0 Å². The lowest BCUT2D eigenvalue weighted by atomic mass is 10.0. The summed E-state index contributed by atoms with van der Waals surface area (Å²) in [6.07, 6.45) is 1.73. The molecular weight excluding hydrogens is 204 g/mol. The summed E-state index contributed by atoms with van der Waals surface area (Å²) in [6, 6.07) is 5.44. The summed E-state index contributed by atoms with van der Waals surface area (Å²) < 4.78 is 5.27. The zero-order valence-corrected chi connectivity index (χ0v) is 9.19. The molecule has 0 aliphatic carbocycles. The molecule has 1 heterocycles. The predicted octanol–water partition coefficient (Wildman–Crippen LogP) is 2.73. The van der Waals surface area contributed by atoms with Gasteiger partial charge in [-0.05, 0) is 23.6 Å². The van der Waals surface area contributed by atoms with Gasteiger partial charge in [-0.3, -0.25) is 9.59 Å². The molecule has 0 bridgehead atoms. The summed E-state index contributed by atoms with van der Waals surface area (Å²) >= 11 is 0. The second-order valence-corrected chi connectivity index (χ2v) is 4.05. The minimum absolute atomic E-state index is 0.0600. The van der Waals surface area contributed by atoms with Crippen molar-refractivity contribution in [2.24, 2.45) is 0 Å². The fraction of sp³-hybridized carbons (Fsp3) is 0.231. The zero-order valence-electron chi connectivity index (χ0n) is 9.19. The van der Waals surface area contributed by atoms with Crippen LogP contribution in [0.1, 0.15) is 35.7 Å². The number of fused-ring (bicyclic) bond motifs is 1. The molecular formula is C13H12O3. The summed E-state index contributed by atoms with van der Waals surface area (Å²) in [6.45, 7) is 4.14. The number of rotatable bonds is 2. The molecule has 3 nitrogen and oxygen atoms in total. The van der Waals surface area contributed by atoms with E-state index in [1.807, 2.05) is 12.1 Å². The van der Waals surface area contributed by atoms with Crippen LogP contribution in [-0.4, -0.2) is 6.29 Å². The van der Waals surface area contributed by atoms with Crippen molar-refractivity contribution in [2.75, 3.05) is 0 Å². The van der Waals surface area contributed by atoms with Crippen LogP contribution in [0.5, 0.6) is 0 Å². The van der Waals surface area contributed by atoms with Gasteiger partial charge < -0.3 is 4.42 Å². The van der Waals surface area contributed by atoms with Gasteiger partial charge in [0.2, 0.25) is 5.43 Å². The number of hydrogen-bond acceptors (Lipinski definition) is 3. The third-order valence-corrected chi connectivity index (χ3v) is 2.62. The Morgan fingerprint density at radius 1 is 1.31 bits per heavy atom. The Kier molecular flexibility index (Phi) is 2.60. The van der Waals surface area contributed by atoms with E-state index in [4.69, 9.17) is 4.42 Å². The minimum Gasteiger partial charge on any atom is -0.463 e. The number of aldehydes is 1. The Hall–Kier alpha value is -1.90. The first kappa shape index (κ1) is 10.6. The van der Waals surface area contributed by atoms with Crippen LogP contribution >= 0.6 is 0 Å². The highest BCUT2D eigenvalue weighted by Crippen LogP contribution is 2.19. The number of benzene rings is 1. The molecule has 0 saturated carbocycles. The summed E-state index contributed by atoms with van der Waals surface area (Å²) in [4.78, 5) is 22.3. The molecule has 0 N–H and O–H groups in total. The summed E-state index contributed by atoms with van der Waals surface area (Å²) in [5, 5.41) is 0.453. The van der Waals surface area contributed by atoms with Crippen LogP contribution in [0.25, 0.3) is 11.0 Å². The van der Waals surface area contributed by atoms with E-state index >= 15 is 0 Å². The van der Waals surface area contributed by atoms with Gasteiger partial charge in [0.1, 0.15) is 11.8 Å². The van der Waals surface area contributed by atoms with E-state index in [2.05, 4.69) is 13.8 Å². The van der Waals surface area contributed by atoms with E-state index < -0.39 is 0 Å². The van der Waals surface area contributed by atoms with E-state index in [1.54, 1.807) is 6.07 Å². The Morgan fingerprint density at radius 2 is 2.06 bits per heavy atom. The van der Waals surface area contributed by atoms with Gasteiger partial charge in [0.15, 0.2) is 6.29 Å². The van der Waals surface area contributed by atoms with E-state index in [-0.39, 0.29) is 11.0 Å². The molecule has 2 aromatic rings. The second-order valence-electron chi connectivity index (χ2n) is 4.05. The first-order valence-corrected chi connectivity index (χ1v) is 5.14. The molecule has 1 aromatic carbocycles. The standard InChI is InChI=1S/C13H12O3/c1-8(2)9-3-4-11-12(5-9)16-7-10(6-14)13(11)15/h3-8H,1-2H3. The molecule has 0 atom stereocenters. The van der Waals surface area contributed by atoms with Gasteiger partial charge in [-0.2, -0.15) is 0 Å². The van der Waals surface area contributed by atoms with Crippen molar-refractivity contribution in [3.8, 4) is 0 Å². The maximum absolute atomic E-state index is 11.7. The van der Waals surface area contributed by atoms with Gasteiger partial charge >= 0.3 is 0 Å². The van der Waals surface area contributed by atoms with E-state index in [0.717, 1.165) is 5.56 Å². The molecule has 1 aromatic heterocycles. The molecule has 0 fully saturated rings. The molecule has 2 rings (SSSR count). The molecule has 3 heteroatoms. The molecule has 0 aliphatic rings. The maximum Gasteiger partial charge on any atom is 0.203 e. The van der Waals surface area contributed by atoms with Crippen molar-refractivity contribution in [1.82, 2.24) is 0 Å². The smallest absolute Gasteiger partial charge is 0.203 e. The third kappa shape index (κ3) is 1.65. The first-order chi connectivity index (χ1) is 7.63. The topological polar surface area (TPSA) is 47.3 Å². The second kappa shape index (κ2) is 3.93. The lowest BCUT2D eigenvalue weighted by Gasteiger charge is -2.05. The average molecular weight is 216 g/mol. The van der Waals surface area contributed by atoms with E-state index in [1.165, 1.54) is 6.26 Å². The monoisotopic (exact) mass is 216 g/mol. The molecule has 0 radical (unpaired) electrons. The normalized spacial score (nSPS) is 10.9. The highest BCUT2D eigenvalue weighted by atomic mass is 16.3. The van der Waals surface area contributed by atoms with Crippen molar-refractivity contribution < 1.29 is 9.21 Å². The first-order valence-electron chi connectivity index (χ1n) is 5.14. The van der Waals surface area contributed by atoms with Crippen molar-refractivity contribution in [3.63, 3.8) is 0 Å². The van der Waals surface area contributed by atoms with E-state index in [9.17, 15) is 9.59 Å². The number of hydrogen-bond donors (Lipinski definition) is 0. The van der Waals surface area contributed by atoms with Crippen molar-refractivity contribution in [1.29, 1.82) is 0 Å². The van der Waals surface area contributed by atoms with Gasteiger partial charge in [-0.15, -0.1) is 0 Å². The fourth-order valence-electron chi connectivity index (χ4n) is 1.60.